The van der Waals surface area contributed by atoms with Crippen LogP contribution in [0.5, 0.6) is 11.5 Å². The monoisotopic (exact) mass is 1290 g/mol. The van der Waals surface area contributed by atoms with E-state index in [9.17, 15) is 28.8 Å². The number of hydrogen-bond donors (Lipinski definition) is 2. The molecular formula is C67H86N8O18. The molecule has 0 spiro atoms. The zero-order chi connectivity index (χ0) is 67.0. The van der Waals surface area contributed by atoms with Gasteiger partial charge in [0.05, 0.1) is 59.2 Å². The van der Waals surface area contributed by atoms with Gasteiger partial charge in [0.25, 0.3) is 11.8 Å². The third-order valence-electron chi connectivity index (χ3n) is 16.5. The fraction of sp³-hybridized carbons (Fsp3) is 0.522. The van der Waals surface area contributed by atoms with E-state index in [2.05, 4.69) is 23.8 Å². The highest BCUT2D eigenvalue weighted by Crippen LogP contribution is 2.42. The molecule has 10 rings (SSSR count). The number of amides is 6. The van der Waals surface area contributed by atoms with Crippen LogP contribution in [0.4, 0.5) is 32.3 Å². The maximum atomic E-state index is 14.0. The summed E-state index contributed by atoms with van der Waals surface area (Å²) in [5.41, 5.74) is 5.60. The van der Waals surface area contributed by atoms with E-state index in [0.29, 0.717) is 98.8 Å². The van der Waals surface area contributed by atoms with Crippen LogP contribution in [0.15, 0.2) is 80.3 Å². The fourth-order valence-corrected chi connectivity index (χ4v) is 12.0. The van der Waals surface area contributed by atoms with Crippen molar-refractivity contribution < 1.29 is 85.8 Å². The van der Waals surface area contributed by atoms with E-state index < -0.39 is 37.2 Å². The fourth-order valence-electron chi connectivity index (χ4n) is 12.0. The molecule has 502 valence electrons. The predicted octanol–water partition coefficient (Wildman–Crippen LogP) is 9.42. The van der Waals surface area contributed by atoms with Crippen LogP contribution in [0, 0.1) is 20.8 Å². The number of hydrogen-bond acceptors (Lipinski definition) is 18. The lowest BCUT2D eigenvalue weighted by Gasteiger charge is -2.42. The second-order valence-electron chi connectivity index (χ2n) is 23.2. The molecular weight excluding hydrogens is 1200 g/mol. The normalized spacial score (nSPS) is 20.5. The minimum absolute atomic E-state index is 0.0134. The number of rotatable bonds is 20. The summed E-state index contributed by atoms with van der Waals surface area (Å²) in [5.74, 6) is 0.542. The molecule has 4 fully saturated rings. The highest BCUT2D eigenvalue weighted by atomic mass is 16.7. The summed E-state index contributed by atoms with van der Waals surface area (Å²) < 4.78 is 52.1. The molecule has 0 saturated carbocycles. The number of fused-ring (bicyclic) bond motifs is 4. The molecule has 26 nitrogen and oxygen atoms in total. The third kappa shape index (κ3) is 19.3. The summed E-state index contributed by atoms with van der Waals surface area (Å²) >= 11 is 0. The Hall–Kier alpha value is -8.90. The lowest BCUT2D eigenvalue weighted by Crippen LogP contribution is -2.57. The van der Waals surface area contributed by atoms with Gasteiger partial charge < -0.3 is 67.5 Å². The topological polar surface area (TPSA) is 291 Å². The van der Waals surface area contributed by atoms with Crippen molar-refractivity contribution in [2.75, 3.05) is 73.2 Å². The number of benzene rings is 2. The number of ether oxygens (including phenoxy) is 8. The summed E-state index contributed by atoms with van der Waals surface area (Å²) in [6.45, 7) is 16.0. The first-order chi connectivity index (χ1) is 44.9. The van der Waals surface area contributed by atoms with E-state index in [1.807, 2.05) is 84.5 Å². The summed E-state index contributed by atoms with van der Waals surface area (Å²) in [6, 6.07) is 10.0. The van der Waals surface area contributed by atoms with Crippen molar-refractivity contribution in [1.82, 2.24) is 18.9 Å². The lowest BCUT2D eigenvalue weighted by molar-refractivity contribution is -0.199. The van der Waals surface area contributed by atoms with E-state index in [1.165, 1.54) is 22.0 Å². The number of nitrogens with one attached hydrogen (secondary N) is 2. The molecule has 0 bridgehead atoms. The van der Waals surface area contributed by atoms with Gasteiger partial charge in [0.1, 0.15) is 24.7 Å². The highest BCUT2D eigenvalue weighted by molar-refractivity contribution is 6.07. The molecule has 6 atom stereocenters. The van der Waals surface area contributed by atoms with Crippen LogP contribution in [0.25, 0.3) is 0 Å². The van der Waals surface area contributed by atoms with Crippen molar-refractivity contribution >= 4 is 70.9 Å². The Morgan fingerprint density at radius 1 is 0.602 bits per heavy atom. The van der Waals surface area contributed by atoms with E-state index >= 15 is 0 Å². The first-order valence-corrected chi connectivity index (χ1v) is 31.6. The van der Waals surface area contributed by atoms with E-state index in [4.69, 9.17) is 57.1 Å². The summed E-state index contributed by atoms with van der Waals surface area (Å²) in [7, 11) is 3.82. The van der Waals surface area contributed by atoms with Crippen LogP contribution >= 0.6 is 0 Å². The van der Waals surface area contributed by atoms with Crippen LogP contribution in [-0.4, -0.2) is 157 Å². The average molecular weight is 1290 g/mol. The van der Waals surface area contributed by atoms with Gasteiger partial charge in [-0.2, -0.15) is 19.2 Å². The van der Waals surface area contributed by atoms with E-state index in [0.717, 1.165) is 79.6 Å². The van der Waals surface area contributed by atoms with Crippen molar-refractivity contribution in [3.05, 3.63) is 108 Å². The Morgan fingerprint density at radius 2 is 1.04 bits per heavy atom. The van der Waals surface area contributed by atoms with Gasteiger partial charge in [0.2, 0.25) is 11.8 Å². The third-order valence-corrected chi connectivity index (χ3v) is 16.5. The number of carbonyl (C=O) groups is 6. The molecule has 2 aromatic carbocycles. The maximum Gasteiger partial charge on any atom is 0.416 e. The standard InChI is InChI=1S/C33H44N4O7.C32H42N4O7.2CO2/c1-5-15-43-33(40)37-27-20-28(41-17-10-12-29(38)34-24-19-23(3)35(4)21-24)22(2)18-25(27)31(39)36-14-8-6-11-26(36)32(37)44-30-13-7-9-16-42-30;1-4-16-42-32(39)36-26-20-27(40-18-9-11-28(37)33-23-13-15-34(3)21-23)22(2)19-24(26)30(38)35-14-7-5-10-25(35)31(36)43-29-12-6-8-17-41-29;2*2-1-3/h5,18-21,26,30,32H,1,6-17H2,2-4H3,(H,34,38);4,13,15,19-21,25,29,31H,1,5-12,14,16-18H2,2-3H3,(H,33,37);;/t26-,30?,32?;25-,29?,31?;;/m00../s1. The molecule has 4 unspecified atom stereocenters. The van der Waals surface area contributed by atoms with Gasteiger partial charge in [-0.05, 0) is 146 Å². The SMILES string of the molecule is C=CCOC(=O)N1c2cc(OCCCC(=O)Nc3cc(C)n(C)c3)c(C)cc2C(=O)N2CCCC[C@H]2C1OC1CCCCO1.C=CCOC(=O)N1c2cc(OCCCC(=O)Nc3ccn(C)c3)c(C)cc2C(=O)N2CCCC[C@H]2C1OC1CCCCO1.O=C=O.O=C=O. The van der Waals surface area contributed by atoms with E-state index in [-0.39, 0.29) is 87.3 Å². The van der Waals surface area contributed by atoms with Gasteiger partial charge in [0, 0.05) is 89.7 Å². The first-order valence-electron chi connectivity index (χ1n) is 31.6. The largest absolute Gasteiger partial charge is 0.493 e. The van der Waals surface area contributed by atoms with Crippen molar-refractivity contribution in [2.24, 2.45) is 14.1 Å². The molecule has 26 heteroatoms. The molecule has 0 radical (unpaired) electrons. The number of aryl methyl sites for hydroxylation is 5. The van der Waals surface area contributed by atoms with Crippen LogP contribution in [0.1, 0.15) is 140 Å². The molecule has 93 heavy (non-hydrogen) atoms. The lowest BCUT2D eigenvalue weighted by atomic mass is 10.00. The molecule has 6 aliphatic rings. The number of aromatic nitrogens is 2. The van der Waals surface area contributed by atoms with Crippen molar-refractivity contribution in [1.29, 1.82) is 0 Å². The highest BCUT2D eigenvalue weighted by Gasteiger charge is 2.48. The first kappa shape index (κ1) is 71.5. The summed E-state index contributed by atoms with van der Waals surface area (Å²) in [5, 5.41) is 5.79. The van der Waals surface area contributed by atoms with Gasteiger partial charge in [-0.15, -0.1) is 0 Å². The Morgan fingerprint density at radius 3 is 1.43 bits per heavy atom. The molecule has 4 aromatic rings. The quantitative estimate of drug-likeness (QED) is 0.0615. The van der Waals surface area contributed by atoms with Crippen molar-refractivity contribution in [3.8, 4) is 11.5 Å². The van der Waals surface area contributed by atoms with Crippen LogP contribution in [0.3, 0.4) is 0 Å². The Labute approximate surface area is 541 Å². The smallest absolute Gasteiger partial charge is 0.416 e. The molecule has 2 N–H and O–H groups in total. The maximum absolute atomic E-state index is 14.0. The van der Waals surface area contributed by atoms with Crippen LogP contribution in [-0.2, 0) is 71.3 Å². The van der Waals surface area contributed by atoms with Gasteiger partial charge in [-0.1, -0.05) is 25.3 Å². The summed E-state index contributed by atoms with van der Waals surface area (Å²) in [4.78, 5) is 119. The van der Waals surface area contributed by atoms with Gasteiger partial charge in [-0.25, -0.2) is 19.4 Å². The Kier molecular flexibility index (Phi) is 27.5. The molecule has 6 aliphatic heterocycles. The van der Waals surface area contributed by atoms with E-state index in [1.54, 1.807) is 24.3 Å². The zero-order valence-corrected chi connectivity index (χ0v) is 53.7. The number of piperidine rings is 2. The second-order valence-corrected chi connectivity index (χ2v) is 23.2. The predicted molar refractivity (Wildman–Crippen MR) is 337 cm³/mol. The zero-order valence-electron chi connectivity index (χ0n) is 53.7. The molecule has 8 heterocycles. The van der Waals surface area contributed by atoms with Crippen LogP contribution < -0.4 is 29.9 Å². The molecule has 2 aromatic heterocycles. The van der Waals surface area contributed by atoms with Crippen LogP contribution in [0.2, 0.25) is 0 Å². The number of carbonyl (C=O) groups excluding carboxylic acids is 10. The Balaban J connectivity index is 0.000000243. The average Bonchev–Trinajstić information content (AvgIpc) is 1.64. The number of nitrogens with zero attached hydrogens (tertiary/aromatic N) is 6. The molecule has 0 aliphatic carbocycles. The summed E-state index contributed by atoms with van der Waals surface area (Å²) in [6.07, 6.45) is 17.0. The second kappa shape index (κ2) is 35.8. The molecule has 4 saturated heterocycles. The van der Waals surface area contributed by atoms with Gasteiger partial charge in [-0.3, -0.25) is 19.2 Å². The van der Waals surface area contributed by atoms with Crippen molar-refractivity contribution in [2.45, 2.75) is 161 Å². The Bertz CT molecular complexity index is 3270. The van der Waals surface area contributed by atoms with Gasteiger partial charge >= 0.3 is 24.5 Å². The minimum Gasteiger partial charge on any atom is -0.493 e. The van der Waals surface area contributed by atoms with Crippen molar-refractivity contribution in [3.63, 3.8) is 0 Å². The number of anilines is 4. The minimum atomic E-state index is -0.804. The van der Waals surface area contributed by atoms with Gasteiger partial charge in [0.15, 0.2) is 25.0 Å². The molecule has 6 amide bonds.